The number of likely N-dealkylation sites (N-methyl/N-ethyl adjacent to an activating group) is 1. The summed E-state index contributed by atoms with van der Waals surface area (Å²) in [5.74, 6) is 1.39. The molecule has 1 saturated heterocycles. The standard InChI is InChI=1S/C25H30N4O5/c1-14-21(11-18-8-9-32-25(18)31)27-24(28-23(14)22-15(2)29-34-16(22)3)17-6-5-7-20(10-17)33-13-19(30)12-26-4/h5-7,10,18-19,26,30H,8-9,11-13H2,1-4H3/t18-,19?/m0/s1. The zero-order chi connectivity index (χ0) is 24.2. The first kappa shape index (κ1) is 23.8. The molecule has 0 radical (unpaired) electrons. The highest BCUT2D eigenvalue weighted by Crippen LogP contribution is 2.33. The van der Waals surface area contributed by atoms with Gasteiger partial charge < -0.3 is 24.4 Å². The predicted molar refractivity (Wildman–Crippen MR) is 125 cm³/mol. The number of aromatic nitrogens is 3. The maximum atomic E-state index is 12.2. The Bertz CT molecular complexity index is 1160. The largest absolute Gasteiger partial charge is 0.491 e. The van der Waals surface area contributed by atoms with Gasteiger partial charge in [-0.2, -0.15) is 0 Å². The number of rotatable bonds is 9. The topological polar surface area (TPSA) is 120 Å². The van der Waals surface area contributed by atoms with Crippen LogP contribution in [0.25, 0.3) is 22.6 Å². The summed E-state index contributed by atoms with van der Waals surface area (Å²) in [6, 6.07) is 7.45. The van der Waals surface area contributed by atoms with Gasteiger partial charge in [0.25, 0.3) is 0 Å². The lowest BCUT2D eigenvalue weighted by Gasteiger charge is -2.15. The lowest BCUT2D eigenvalue weighted by molar-refractivity contribution is -0.141. The van der Waals surface area contributed by atoms with E-state index in [4.69, 9.17) is 24.0 Å². The van der Waals surface area contributed by atoms with E-state index in [1.54, 1.807) is 7.05 Å². The number of ether oxygens (including phenoxy) is 2. The smallest absolute Gasteiger partial charge is 0.309 e. The van der Waals surface area contributed by atoms with Crippen LogP contribution < -0.4 is 10.1 Å². The van der Waals surface area contributed by atoms with Crippen LogP contribution >= 0.6 is 0 Å². The van der Waals surface area contributed by atoms with Gasteiger partial charge in [0.05, 0.1) is 29.5 Å². The number of hydrogen-bond acceptors (Lipinski definition) is 9. The molecule has 9 heteroatoms. The SMILES string of the molecule is CNCC(O)COc1cccc(-c2nc(C[C@@H]3CCOC3=O)c(C)c(-c3c(C)noc3C)n2)c1. The second-order valence-corrected chi connectivity index (χ2v) is 8.57. The van der Waals surface area contributed by atoms with Crippen LogP contribution in [-0.4, -0.2) is 59.1 Å². The summed E-state index contributed by atoms with van der Waals surface area (Å²) in [5.41, 5.74) is 4.76. The summed E-state index contributed by atoms with van der Waals surface area (Å²) in [6.07, 6.45) is 0.535. The van der Waals surface area contributed by atoms with Gasteiger partial charge in [-0.1, -0.05) is 17.3 Å². The van der Waals surface area contributed by atoms with Gasteiger partial charge in [0, 0.05) is 24.2 Å². The number of nitrogens with zero attached hydrogens (tertiary/aromatic N) is 3. The van der Waals surface area contributed by atoms with E-state index in [1.807, 2.05) is 45.0 Å². The lowest BCUT2D eigenvalue weighted by Crippen LogP contribution is -2.29. The molecule has 1 aliphatic heterocycles. The predicted octanol–water partition coefficient (Wildman–Crippen LogP) is 2.79. The minimum Gasteiger partial charge on any atom is -0.491 e. The number of carbonyl (C=O) groups is 1. The molecule has 0 bridgehead atoms. The first-order valence-electron chi connectivity index (χ1n) is 11.4. The van der Waals surface area contributed by atoms with Crippen LogP contribution in [0.1, 0.15) is 29.1 Å². The Morgan fingerprint density at radius 2 is 2.09 bits per heavy atom. The van der Waals surface area contributed by atoms with Crippen molar-refractivity contribution in [1.29, 1.82) is 0 Å². The van der Waals surface area contributed by atoms with Gasteiger partial charge in [0.15, 0.2) is 5.82 Å². The van der Waals surface area contributed by atoms with E-state index in [0.717, 1.165) is 33.8 Å². The quantitative estimate of drug-likeness (QED) is 0.459. The third kappa shape index (κ3) is 5.10. The summed E-state index contributed by atoms with van der Waals surface area (Å²) in [4.78, 5) is 21.9. The number of cyclic esters (lactones) is 1. The van der Waals surface area contributed by atoms with Crippen molar-refractivity contribution in [3.05, 3.63) is 47.0 Å². The summed E-state index contributed by atoms with van der Waals surface area (Å²) >= 11 is 0. The molecule has 1 fully saturated rings. The molecule has 2 aromatic heterocycles. The lowest BCUT2D eigenvalue weighted by atomic mass is 9.96. The van der Waals surface area contributed by atoms with Crippen molar-refractivity contribution in [2.75, 3.05) is 26.8 Å². The Morgan fingerprint density at radius 1 is 1.26 bits per heavy atom. The Hall–Kier alpha value is -3.30. The number of nitrogens with one attached hydrogen (secondary N) is 1. The highest BCUT2D eigenvalue weighted by atomic mass is 16.5. The first-order valence-corrected chi connectivity index (χ1v) is 11.4. The summed E-state index contributed by atoms with van der Waals surface area (Å²) < 4.78 is 16.3. The number of aliphatic hydroxyl groups excluding tert-OH is 1. The Labute approximate surface area is 198 Å². The van der Waals surface area contributed by atoms with Gasteiger partial charge in [-0.25, -0.2) is 9.97 Å². The number of esters is 1. The van der Waals surface area contributed by atoms with E-state index in [2.05, 4.69) is 10.5 Å². The normalized spacial score (nSPS) is 16.5. The summed E-state index contributed by atoms with van der Waals surface area (Å²) in [5, 5.41) is 17.0. The second kappa shape index (κ2) is 10.3. The van der Waals surface area contributed by atoms with Crippen LogP contribution in [0.5, 0.6) is 5.75 Å². The van der Waals surface area contributed by atoms with Crippen LogP contribution in [-0.2, 0) is 16.0 Å². The highest BCUT2D eigenvalue weighted by Gasteiger charge is 2.29. The van der Waals surface area contributed by atoms with E-state index in [9.17, 15) is 9.90 Å². The van der Waals surface area contributed by atoms with E-state index in [0.29, 0.717) is 43.3 Å². The van der Waals surface area contributed by atoms with Crippen LogP contribution in [0.4, 0.5) is 0 Å². The van der Waals surface area contributed by atoms with Crippen molar-refractivity contribution in [2.24, 2.45) is 5.92 Å². The average molecular weight is 467 g/mol. The molecule has 0 amide bonds. The van der Waals surface area contributed by atoms with Gasteiger partial charge in [0.2, 0.25) is 0 Å². The van der Waals surface area contributed by atoms with E-state index < -0.39 is 6.10 Å². The molecule has 3 heterocycles. The molecule has 4 rings (SSSR count). The fourth-order valence-electron chi connectivity index (χ4n) is 4.12. The molecule has 1 aliphatic rings. The van der Waals surface area contributed by atoms with Crippen molar-refractivity contribution in [1.82, 2.24) is 20.4 Å². The molecule has 34 heavy (non-hydrogen) atoms. The summed E-state index contributed by atoms with van der Waals surface area (Å²) in [7, 11) is 1.78. The minimum absolute atomic E-state index is 0.165. The van der Waals surface area contributed by atoms with Crippen LogP contribution in [0.2, 0.25) is 0 Å². The van der Waals surface area contributed by atoms with Crippen molar-refractivity contribution < 1.29 is 23.9 Å². The van der Waals surface area contributed by atoms with Gasteiger partial charge in [-0.3, -0.25) is 4.79 Å². The van der Waals surface area contributed by atoms with Crippen molar-refractivity contribution in [3.8, 4) is 28.4 Å². The Balaban J connectivity index is 1.73. The van der Waals surface area contributed by atoms with E-state index in [-0.39, 0.29) is 18.5 Å². The number of aryl methyl sites for hydroxylation is 2. The maximum Gasteiger partial charge on any atom is 0.309 e. The molecular formula is C25H30N4O5. The van der Waals surface area contributed by atoms with Gasteiger partial charge >= 0.3 is 5.97 Å². The van der Waals surface area contributed by atoms with Crippen LogP contribution in [0.15, 0.2) is 28.8 Å². The average Bonchev–Trinajstić information content (AvgIpc) is 3.38. The third-order valence-corrected chi connectivity index (χ3v) is 5.97. The van der Waals surface area contributed by atoms with E-state index >= 15 is 0 Å². The molecule has 3 aromatic rings. The van der Waals surface area contributed by atoms with Gasteiger partial charge in [-0.05, 0) is 51.9 Å². The van der Waals surface area contributed by atoms with Gasteiger partial charge in [0.1, 0.15) is 24.2 Å². The van der Waals surface area contributed by atoms with Crippen LogP contribution in [0, 0.1) is 26.7 Å². The zero-order valence-electron chi connectivity index (χ0n) is 19.9. The Kier molecular flexibility index (Phi) is 7.23. The molecular weight excluding hydrogens is 436 g/mol. The molecule has 2 atom stereocenters. The second-order valence-electron chi connectivity index (χ2n) is 8.57. The fourth-order valence-corrected chi connectivity index (χ4v) is 4.12. The van der Waals surface area contributed by atoms with Crippen molar-refractivity contribution in [2.45, 2.75) is 39.7 Å². The van der Waals surface area contributed by atoms with Crippen molar-refractivity contribution in [3.63, 3.8) is 0 Å². The number of aliphatic hydroxyl groups is 1. The zero-order valence-corrected chi connectivity index (χ0v) is 19.9. The minimum atomic E-state index is -0.617. The molecule has 180 valence electrons. The number of benzene rings is 1. The number of carbonyl (C=O) groups excluding carboxylic acids is 1. The maximum absolute atomic E-state index is 12.2. The monoisotopic (exact) mass is 466 g/mol. The summed E-state index contributed by atoms with van der Waals surface area (Å²) in [6.45, 7) is 6.74. The van der Waals surface area contributed by atoms with Crippen LogP contribution in [0.3, 0.4) is 0 Å². The molecule has 2 N–H and O–H groups in total. The molecule has 1 aromatic carbocycles. The van der Waals surface area contributed by atoms with Crippen molar-refractivity contribution >= 4 is 5.97 Å². The van der Waals surface area contributed by atoms with Gasteiger partial charge in [-0.15, -0.1) is 0 Å². The van der Waals surface area contributed by atoms with E-state index in [1.165, 1.54) is 0 Å². The fraction of sp³-hybridized carbons (Fsp3) is 0.440. The molecule has 0 spiro atoms. The molecule has 9 nitrogen and oxygen atoms in total. The molecule has 1 unspecified atom stereocenters. The highest BCUT2D eigenvalue weighted by molar-refractivity contribution is 5.75. The molecule has 0 saturated carbocycles. The number of hydrogen-bond donors (Lipinski definition) is 2. The first-order chi connectivity index (χ1) is 16.4. The molecule has 0 aliphatic carbocycles. The Morgan fingerprint density at radius 3 is 2.76 bits per heavy atom. The third-order valence-electron chi connectivity index (χ3n) is 5.97.